The van der Waals surface area contributed by atoms with E-state index in [1.54, 1.807) is 11.9 Å². The molecule has 1 amide bonds. The van der Waals surface area contributed by atoms with Gasteiger partial charge in [0.05, 0.1) is 5.56 Å². The summed E-state index contributed by atoms with van der Waals surface area (Å²) in [6.07, 6.45) is 1.75. The zero-order valence-electron chi connectivity index (χ0n) is 12.6. The van der Waals surface area contributed by atoms with Crippen molar-refractivity contribution in [2.45, 2.75) is 31.7 Å². The minimum absolute atomic E-state index is 0.0378. The van der Waals surface area contributed by atoms with Crippen molar-refractivity contribution in [1.29, 1.82) is 0 Å². The van der Waals surface area contributed by atoms with E-state index in [0.29, 0.717) is 6.07 Å². The highest BCUT2D eigenvalue weighted by atomic mass is 19.1. The van der Waals surface area contributed by atoms with Crippen molar-refractivity contribution in [3.05, 3.63) is 35.4 Å². The molecule has 0 spiro atoms. The summed E-state index contributed by atoms with van der Waals surface area (Å²) in [4.78, 5) is 25.7. The Labute approximate surface area is 128 Å². The number of nitrogens with one attached hydrogen (secondary N) is 1. The van der Waals surface area contributed by atoms with Gasteiger partial charge in [-0.1, -0.05) is 0 Å². The molecule has 1 aromatic rings. The molecule has 0 atom stereocenters. The van der Waals surface area contributed by atoms with E-state index >= 15 is 0 Å². The molecule has 0 radical (unpaired) electrons. The highest BCUT2D eigenvalue weighted by Crippen LogP contribution is 2.15. The van der Waals surface area contributed by atoms with Crippen LogP contribution in [0.3, 0.4) is 0 Å². The fourth-order valence-electron chi connectivity index (χ4n) is 2.64. The van der Waals surface area contributed by atoms with Gasteiger partial charge in [-0.05, 0) is 38.1 Å². The van der Waals surface area contributed by atoms with Gasteiger partial charge >= 0.3 is 0 Å². The summed E-state index contributed by atoms with van der Waals surface area (Å²) >= 11 is 0. The highest BCUT2D eigenvalue weighted by molar-refractivity contribution is 5.98. The first-order valence-corrected chi connectivity index (χ1v) is 7.43. The minimum Gasteiger partial charge on any atom is -0.343 e. The number of carbonyl (C=O) groups excluding carboxylic acids is 2. The van der Waals surface area contributed by atoms with E-state index in [-0.39, 0.29) is 30.4 Å². The van der Waals surface area contributed by atoms with Gasteiger partial charge in [0, 0.05) is 32.0 Å². The first-order valence-electron chi connectivity index (χ1n) is 7.43. The van der Waals surface area contributed by atoms with Crippen molar-refractivity contribution in [3.63, 3.8) is 0 Å². The first-order chi connectivity index (χ1) is 10.5. The zero-order chi connectivity index (χ0) is 16.1. The number of rotatable bonds is 5. The molecule has 0 aromatic heterocycles. The second-order valence-electron chi connectivity index (χ2n) is 5.53. The van der Waals surface area contributed by atoms with Crippen LogP contribution in [0.2, 0.25) is 0 Å². The number of halogens is 2. The Hall–Kier alpha value is -1.82. The number of nitrogens with zero attached hydrogens (tertiary/aromatic N) is 1. The SMILES string of the molecule is CN(C(=O)CCC(=O)c1ccc(F)cc1F)C1CCNCC1. The molecule has 6 heteroatoms. The molecule has 0 saturated carbocycles. The van der Waals surface area contributed by atoms with E-state index in [4.69, 9.17) is 0 Å². The average Bonchev–Trinajstić information content (AvgIpc) is 2.52. The molecule has 1 fully saturated rings. The van der Waals surface area contributed by atoms with Crippen LogP contribution in [0.25, 0.3) is 0 Å². The molecule has 0 aliphatic carbocycles. The van der Waals surface area contributed by atoms with Gasteiger partial charge in [-0.25, -0.2) is 8.78 Å². The maximum atomic E-state index is 13.5. The molecule has 1 aliphatic heterocycles. The summed E-state index contributed by atoms with van der Waals surface area (Å²) in [5.41, 5.74) is -0.168. The summed E-state index contributed by atoms with van der Waals surface area (Å²) in [6.45, 7) is 1.75. The number of piperidine rings is 1. The molecular formula is C16H20F2N2O2. The van der Waals surface area contributed by atoms with Crippen LogP contribution >= 0.6 is 0 Å². The van der Waals surface area contributed by atoms with E-state index in [0.717, 1.165) is 38.1 Å². The largest absolute Gasteiger partial charge is 0.343 e. The molecule has 4 nitrogen and oxygen atoms in total. The predicted octanol–water partition coefficient (Wildman–Crippen LogP) is 2.14. The number of amides is 1. The van der Waals surface area contributed by atoms with E-state index < -0.39 is 17.4 Å². The van der Waals surface area contributed by atoms with Crippen molar-refractivity contribution in [2.75, 3.05) is 20.1 Å². The lowest BCUT2D eigenvalue weighted by atomic mass is 10.0. The van der Waals surface area contributed by atoms with Crippen LogP contribution in [0.1, 0.15) is 36.0 Å². The Balaban J connectivity index is 1.88. The fraction of sp³-hybridized carbons (Fsp3) is 0.500. The van der Waals surface area contributed by atoms with E-state index in [1.807, 2.05) is 0 Å². The lowest BCUT2D eigenvalue weighted by Gasteiger charge is -2.31. The number of hydrogen-bond acceptors (Lipinski definition) is 3. The number of carbonyl (C=O) groups is 2. The van der Waals surface area contributed by atoms with Gasteiger partial charge in [-0.15, -0.1) is 0 Å². The van der Waals surface area contributed by atoms with Gasteiger partial charge in [0.2, 0.25) is 5.91 Å². The third kappa shape index (κ3) is 4.10. The van der Waals surface area contributed by atoms with Gasteiger partial charge in [-0.3, -0.25) is 9.59 Å². The lowest BCUT2D eigenvalue weighted by molar-refractivity contribution is -0.132. The summed E-state index contributed by atoms with van der Waals surface area (Å²) in [5, 5.41) is 3.23. The van der Waals surface area contributed by atoms with Crippen molar-refractivity contribution >= 4 is 11.7 Å². The van der Waals surface area contributed by atoms with E-state index in [1.165, 1.54) is 0 Å². The monoisotopic (exact) mass is 310 g/mol. The number of benzene rings is 1. The molecule has 0 unspecified atom stereocenters. The van der Waals surface area contributed by atoms with E-state index in [9.17, 15) is 18.4 Å². The Bertz CT molecular complexity index is 557. The van der Waals surface area contributed by atoms with Gasteiger partial charge in [-0.2, -0.15) is 0 Å². The van der Waals surface area contributed by atoms with Gasteiger partial charge in [0.1, 0.15) is 11.6 Å². The highest BCUT2D eigenvalue weighted by Gasteiger charge is 2.22. The summed E-state index contributed by atoms with van der Waals surface area (Å²) in [7, 11) is 1.74. The van der Waals surface area contributed by atoms with Crippen molar-refractivity contribution in [2.24, 2.45) is 0 Å². The quantitative estimate of drug-likeness (QED) is 0.848. The second-order valence-corrected chi connectivity index (χ2v) is 5.53. The molecule has 0 bridgehead atoms. The maximum absolute atomic E-state index is 13.5. The van der Waals surface area contributed by atoms with Crippen molar-refractivity contribution in [3.8, 4) is 0 Å². The molecule has 2 rings (SSSR count). The molecule has 120 valence electrons. The predicted molar refractivity (Wildman–Crippen MR) is 78.6 cm³/mol. The van der Waals surface area contributed by atoms with E-state index in [2.05, 4.69) is 5.32 Å². The first kappa shape index (κ1) is 16.5. The molecule has 1 aliphatic rings. The van der Waals surface area contributed by atoms with Gasteiger partial charge in [0.25, 0.3) is 0 Å². The van der Waals surface area contributed by atoms with Gasteiger partial charge < -0.3 is 10.2 Å². The minimum atomic E-state index is -0.885. The maximum Gasteiger partial charge on any atom is 0.223 e. The van der Waals surface area contributed by atoms with Crippen LogP contribution in [0, 0.1) is 11.6 Å². The zero-order valence-corrected chi connectivity index (χ0v) is 12.6. The Kier molecular flexibility index (Phi) is 5.60. The fourth-order valence-corrected chi connectivity index (χ4v) is 2.64. The van der Waals surface area contributed by atoms with Crippen LogP contribution in [0.4, 0.5) is 8.78 Å². The van der Waals surface area contributed by atoms with Crippen molar-refractivity contribution < 1.29 is 18.4 Å². The van der Waals surface area contributed by atoms with Crippen LogP contribution in [-0.4, -0.2) is 42.8 Å². The van der Waals surface area contributed by atoms with Crippen LogP contribution < -0.4 is 5.32 Å². The van der Waals surface area contributed by atoms with Crippen LogP contribution in [0.5, 0.6) is 0 Å². The van der Waals surface area contributed by atoms with Gasteiger partial charge in [0.15, 0.2) is 5.78 Å². The number of ketones is 1. The van der Waals surface area contributed by atoms with Crippen LogP contribution in [0.15, 0.2) is 18.2 Å². The molecule has 1 saturated heterocycles. The summed E-state index contributed by atoms with van der Waals surface area (Å²) in [5.74, 6) is -2.22. The average molecular weight is 310 g/mol. The third-order valence-electron chi connectivity index (χ3n) is 4.05. The second kappa shape index (κ2) is 7.45. The molecular weight excluding hydrogens is 290 g/mol. The summed E-state index contributed by atoms with van der Waals surface area (Å²) in [6, 6.07) is 3.02. The molecule has 1 N–H and O–H groups in total. The number of hydrogen-bond donors (Lipinski definition) is 1. The Morgan fingerprint density at radius 3 is 2.55 bits per heavy atom. The summed E-state index contributed by atoms with van der Waals surface area (Å²) < 4.78 is 26.3. The Morgan fingerprint density at radius 2 is 1.91 bits per heavy atom. The normalized spacial score (nSPS) is 15.6. The Morgan fingerprint density at radius 1 is 1.23 bits per heavy atom. The topological polar surface area (TPSA) is 49.4 Å². The standard InChI is InChI=1S/C16H20F2N2O2/c1-20(12-6-8-19-9-7-12)16(22)5-4-15(21)13-3-2-11(17)10-14(13)18/h2-3,10,12,19H,4-9H2,1H3. The molecule has 1 aromatic carbocycles. The molecule has 1 heterocycles. The number of Topliss-reactive ketones (excluding diaryl/α,β-unsaturated/α-hetero) is 1. The van der Waals surface area contributed by atoms with Crippen LogP contribution in [-0.2, 0) is 4.79 Å². The smallest absolute Gasteiger partial charge is 0.223 e. The molecule has 22 heavy (non-hydrogen) atoms. The van der Waals surface area contributed by atoms with Crippen molar-refractivity contribution in [1.82, 2.24) is 10.2 Å². The third-order valence-corrected chi connectivity index (χ3v) is 4.05. The lowest BCUT2D eigenvalue weighted by Crippen LogP contribution is -2.44.